The van der Waals surface area contributed by atoms with Crippen LogP contribution in [0.1, 0.15) is 23.2 Å². The average molecular weight is 478 g/mol. The number of hydrogen-bond acceptors (Lipinski definition) is 4. The third-order valence-electron chi connectivity index (χ3n) is 5.73. The van der Waals surface area contributed by atoms with Gasteiger partial charge in [-0.1, -0.05) is 28.1 Å². The van der Waals surface area contributed by atoms with Gasteiger partial charge in [0.25, 0.3) is 0 Å². The molecule has 1 fully saturated rings. The molecule has 156 valence electrons. The largest absolute Gasteiger partial charge is 0.468 e. The summed E-state index contributed by atoms with van der Waals surface area (Å²) in [6, 6.07) is 11.2. The first kappa shape index (κ1) is 19.8. The Labute approximate surface area is 188 Å². The van der Waals surface area contributed by atoms with Crippen LogP contribution in [0.25, 0.3) is 4.85 Å². The summed E-state index contributed by atoms with van der Waals surface area (Å²) < 4.78 is 9.11. The first-order chi connectivity index (χ1) is 15.1. The smallest absolute Gasteiger partial charge is 0.240 e. The number of fused-ring (bicyclic) bond motifs is 7. The van der Waals surface area contributed by atoms with E-state index in [1.807, 2.05) is 46.0 Å². The second-order valence-corrected chi connectivity index (χ2v) is 8.62. The number of imidazole rings is 1. The van der Waals surface area contributed by atoms with Crippen molar-refractivity contribution in [1.29, 1.82) is 0 Å². The molecule has 1 unspecified atom stereocenters. The van der Waals surface area contributed by atoms with Crippen molar-refractivity contribution in [1.82, 2.24) is 19.8 Å². The van der Waals surface area contributed by atoms with Crippen LogP contribution in [-0.2, 0) is 24.4 Å². The number of amides is 1. The summed E-state index contributed by atoms with van der Waals surface area (Å²) in [5, 5.41) is 3.40. The van der Waals surface area contributed by atoms with E-state index in [1.54, 1.807) is 12.4 Å². The summed E-state index contributed by atoms with van der Waals surface area (Å²) in [5.74, 6) is 1.26. The first-order valence-corrected chi connectivity index (χ1v) is 10.9. The molecule has 5 rings (SSSR count). The molecule has 0 radical (unpaired) electrons. The molecule has 2 aliphatic heterocycles. The van der Waals surface area contributed by atoms with Gasteiger partial charge in [0.15, 0.2) is 0 Å². The van der Waals surface area contributed by atoms with Crippen molar-refractivity contribution >= 4 is 27.5 Å². The second-order valence-electron chi connectivity index (χ2n) is 7.76. The van der Waals surface area contributed by atoms with Gasteiger partial charge >= 0.3 is 0 Å². The molecular weight excluding hydrogens is 458 g/mol. The van der Waals surface area contributed by atoms with Gasteiger partial charge in [0.1, 0.15) is 11.5 Å². The lowest BCUT2D eigenvalue weighted by atomic mass is 10.1. The Morgan fingerprint density at radius 3 is 3.00 bits per heavy atom. The number of rotatable bonds is 0. The minimum absolute atomic E-state index is 0.108. The van der Waals surface area contributed by atoms with E-state index in [9.17, 15) is 4.79 Å². The van der Waals surface area contributed by atoms with Crippen molar-refractivity contribution in [2.24, 2.45) is 0 Å². The summed E-state index contributed by atoms with van der Waals surface area (Å²) in [6.45, 7) is 9.87. The van der Waals surface area contributed by atoms with Crippen molar-refractivity contribution in [3.8, 4) is 11.5 Å². The van der Waals surface area contributed by atoms with Gasteiger partial charge in [-0.2, -0.15) is 0 Å². The fourth-order valence-corrected chi connectivity index (χ4v) is 4.42. The molecule has 1 N–H and O–H groups in total. The lowest BCUT2D eigenvalue weighted by molar-refractivity contribution is -0.130. The van der Waals surface area contributed by atoms with Crippen LogP contribution >= 0.6 is 15.9 Å². The number of nitrogens with zero attached hydrogens (tertiary/aromatic N) is 4. The molecule has 0 aliphatic carbocycles. The highest BCUT2D eigenvalue weighted by atomic mass is 79.9. The Balaban J connectivity index is 1.57. The summed E-state index contributed by atoms with van der Waals surface area (Å²) in [6.07, 6.45) is 4.38. The molecule has 0 saturated carbocycles. The molecule has 2 aliphatic rings. The molecule has 6 bridgehead atoms. The normalized spacial score (nSPS) is 18.3. The Hall–Kier alpha value is -3.15. The van der Waals surface area contributed by atoms with Crippen LogP contribution in [0.5, 0.6) is 11.5 Å². The maximum atomic E-state index is 12.9. The molecule has 1 atom stereocenters. The minimum Gasteiger partial charge on any atom is -0.468 e. The molecular formula is C23H20BrN5O2. The van der Waals surface area contributed by atoms with Crippen LogP contribution in [0.3, 0.4) is 0 Å². The highest BCUT2D eigenvalue weighted by Gasteiger charge is 2.31. The van der Waals surface area contributed by atoms with Crippen molar-refractivity contribution in [2.45, 2.75) is 32.1 Å². The Bertz CT molecular complexity index is 1200. The number of carbonyl (C=O) groups is 1. The molecule has 31 heavy (non-hydrogen) atoms. The van der Waals surface area contributed by atoms with E-state index in [2.05, 4.69) is 31.1 Å². The predicted molar refractivity (Wildman–Crippen MR) is 119 cm³/mol. The van der Waals surface area contributed by atoms with Gasteiger partial charge in [-0.15, -0.1) is 0 Å². The molecule has 1 aromatic heterocycles. The van der Waals surface area contributed by atoms with Gasteiger partial charge in [-0.25, -0.2) is 9.83 Å². The molecule has 3 aromatic rings. The van der Waals surface area contributed by atoms with Crippen LogP contribution < -0.4 is 10.1 Å². The Morgan fingerprint density at radius 2 is 2.13 bits per heavy atom. The van der Waals surface area contributed by atoms with Gasteiger partial charge in [0.2, 0.25) is 11.6 Å². The van der Waals surface area contributed by atoms with E-state index in [1.165, 1.54) is 0 Å². The van der Waals surface area contributed by atoms with E-state index in [0.717, 1.165) is 27.7 Å². The van der Waals surface area contributed by atoms with Gasteiger partial charge in [-0.05, 0) is 41.8 Å². The monoisotopic (exact) mass is 477 g/mol. The third-order valence-corrected chi connectivity index (χ3v) is 6.50. The number of carbonyl (C=O) groups excluding carboxylic acids is 1. The molecule has 1 saturated heterocycles. The van der Waals surface area contributed by atoms with Crippen molar-refractivity contribution < 1.29 is 9.53 Å². The lowest BCUT2D eigenvalue weighted by Crippen LogP contribution is -2.38. The van der Waals surface area contributed by atoms with Gasteiger partial charge in [0.05, 0.1) is 24.6 Å². The maximum absolute atomic E-state index is 12.9. The standard InChI is InChI=1S/C23H20BrN5O2/c1-25-20-5-2-15-8-22(20)31-18-3-4-19(24)16(9-18)13-28-7-6-21(23(28)30)27-11-17-10-26-14-29(17)12-15/h2-5,8-10,14,21,27H,6-7,11-13H2. The summed E-state index contributed by atoms with van der Waals surface area (Å²) >= 11 is 3.60. The zero-order chi connectivity index (χ0) is 21.4. The van der Waals surface area contributed by atoms with E-state index >= 15 is 0 Å². The van der Waals surface area contributed by atoms with Crippen molar-refractivity contribution in [3.05, 3.63) is 81.6 Å². The highest BCUT2D eigenvalue weighted by Crippen LogP contribution is 2.35. The van der Waals surface area contributed by atoms with E-state index in [4.69, 9.17) is 11.3 Å². The molecule has 7 nitrogen and oxygen atoms in total. The number of hydrogen-bond donors (Lipinski definition) is 1. The fourth-order valence-electron chi connectivity index (χ4n) is 4.05. The Morgan fingerprint density at radius 1 is 1.23 bits per heavy atom. The zero-order valence-corrected chi connectivity index (χ0v) is 18.3. The second kappa shape index (κ2) is 8.17. The van der Waals surface area contributed by atoms with Crippen LogP contribution in [0.4, 0.5) is 5.69 Å². The van der Waals surface area contributed by atoms with Crippen molar-refractivity contribution in [2.75, 3.05) is 6.54 Å². The highest BCUT2D eigenvalue weighted by molar-refractivity contribution is 9.10. The molecule has 0 spiro atoms. The average Bonchev–Trinajstić information content (AvgIpc) is 3.35. The van der Waals surface area contributed by atoms with Crippen LogP contribution in [0.15, 0.2) is 53.4 Å². The minimum atomic E-state index is -0.195. The molecule has 2 aromatic carbocycles. The van der Waals surface area contributed by atoms with Crippen LogP contribution in [-0.4, -0.2) is 32.9 Å². The summed E-state index contributed by atoms with van der Waals surface area (Å²) in [7, 11) is 0. The summed E-state index contributed by atoms with van der Waals surface area (Å²) in [5.41, 5.74) is 3.44. The van der Waals surface area contributed by atoms with Gasteiger partial charge in [-0.3, -0.25) is 4.79 Å². The fraction of sp³-hybridized carbons (Fsp3) is 0.261. The zero-order valence-electron chi connectivity index (χ0n) is 16.7. The summed E-state index contributed by atoms with van der Waals surface area (Å²) in [4.78, 5) is 22.7. The van der Waals surface area contributed by atoms with Crippen LogP contribution in [0, 0.1) is 6.57 Å². The quantitative estimate of drug-likeness (QED) is 0.491. The number of nitrogens with one attached hydrogen (secondary N) is 1. The number of aromatic nitrogens is 2. The van der Waals surface area contributed by atoms with E-state index < -0.39 is 0 Å². The number of halogens is 1. The first-order valence-electron chi connectivity index (χ1n) is 10.1. The number of ether oxygens (including phenoxy) is 1. The molecule has 8 heteroatoms. The van der Waals surface area contributed by atoms with E-state index in [-0.39, 0.29) is 11.9 Å². The molecule has 3 heterocycles. The lowest BCUT2D eigenvalue weighted by Gasteiger charge is -2.20. The van der Waals surface area contributed by atoms with Crippen molar-refractivity contribution in [3.63, 3.8) is 0 Å². The SMILES string of the molecule is [C-]#[N+]c1ccc2cc1Oc1ccc(Br)c(c1)CN1CCC(NCc3cncn3C2)C1=O. The maximum Gasteiger partial charge on any atom is 0.240 e. The third kappa shape index (κ3) is 3.94. The van der Waals surface area contributed by atoms with Gasteiger partial charge in [0, 0.05) is 36.8 Å². The van der Waals surface area contributed by atoms with E-state index in [0.29, 0.717) is 43.4 Å². The van der Waals surface area contributed by atoms with Crippen LogP contribution in [0.2, 0.25) is 0 Å². The number of benzene rings is 2. The van der Waals surface area contributed by atoms with Gasteiger partial charge < -0.3 is 19.5 Å². The topological polar surface area (TPSA) is 63.8 Å². The Kier molecular flexibility index (Phi) is 5.22. The predicted octanol–water partition coefficient (Wildman–Crippen LogP) is 4.24. The molecule has 1 amide bonds.